The zero-order chi connectivity index (χ0) is 14.5. The van der Waals surface area contributed by atoms with Crippen molar-refractivity contribution in [3.05, 3.63) is 52.8 Å². The Morgan fingerprint density at radius 3 is 2.10 bits per heavy atom. The molecule has 0 aliphatic rings. The Bertz CT molecular complexity index is 626. The molecule has 102 valence electrons. The summed E-state index contributed by atoms with van der Waals surface area (Å²) >= 11 is 3.20. The molecule has 0 bridgehead atoms. The maximum Gasteiger partial charge on any atom is 0.316 e. The van der Waals surface area contributed by atoms with Crippen molar-refractivity contribution in [1.82, 2.24) is 4.98 Å². The smallest absolute Gasteiger partial charge is 0.316 e. The van der Waals surface area contributed by atoms with E-state index in [1.807, 2.05) is 0 Å². The van der Waals surface area contributed by atoms with Crippen molar-refractivity contribution in [2.75, 3.05) is 10.6 Å². The van der Waals surface area contributed by atoms with Gasteiger partial charge in [-0.25, -0.2) is 9.78 Å². The van der Waals surface area contributed by atoms with Crippen molar-refractivity contribution in [1.29, 1.82) is 0 Å². The first kappa shape index (κ1) is 14.0. The van der Waals surface area contributed by atoms with Crippen LogP contribution in [0.4, 0.5) is 16.2 Å². The number of pyridine rings is 1. The Morgan fingerprint density at radius 2 is 1.60 bits per heavy atom. The molecule has 0 fully saturated rings. The zero-order valence-corrected chi connectivity index (χ0v) is 11.8. The Hall–Kier alpha value is -2.41. The van der Waals surface area contributed by atoms with Crippen molar-refractivity contribution in [3.63, 3.8) is 0 Å². The summed E-state index contributed by atoms with van der Waals surface area (Å²) in [6, 6.07) is 9.32. The van der Waals surface area contributed by atoms with Gasteiger partial charge in [-0.2, -0.15) is 0 Å². The third-order valence-corrected chi connectivity index (χ3v) is 2.87. The number of nitrogens with zero attached hydrogens (tertiary/aromatic N) is 1. The minimum Gasteiger partial charge on any atom is -0.351 e. The molecule has 0 atom stereocenters. The molecule has 0 saturated carbocycles. The number of carbonyl (C=O) groups is 2. The van der Waals surface area contributed by atoms with E-state index in [0.717, 1.165) is 0 Å². The van der Waals surface area contributed by atoms with Crippen LogP contribution in [0.15, 0.2) is 47.2 Å². The summed E-state index contributed by atoms with van der Waals surface area (Å²) in [6.07, 6.45) is 1.47. The largest absolute Gasteiger partial charge is 0.351 e. The lowest BCUT2D eigenvalue weighted by Gasteiger charge is -2.06. The highest BCUT2D eigenvalue weighted by molar-refractivity contribution is 9.10. The van der Waals surface area contributed by atoms with Gasteiger partial charge in [-0.3, -0.25) is 4.79 Å². The Labute approximate surface area is 123 Å². The molecule has 3 amide bonds. The van der Waals surface area contributed by atoms with Crippen LogP contribution in [-0.2, 0) is 0 Å². The fourth-order valence-corrected chi connectivity index (χ4v) is 1.73. The molecule has 2 rings (SSSR count). The first-order chi connectivity index (χ1) is 9.54. The van der Waals surface area contributed by atoms with Crippen molar-refractivity contribution in [3.8, 4) is 0 Å². The fraction of sp³-hybridized carbons (Fsp3) is 0. The number of anilines is 2. The third kappa shape index (κ3) is 3.79. The molecule has 20 heavy (non-hydrogen) atoms. The second-order valence-corrected chi connectivity index (χ2v) is 4.70. The molecule has 0 aliphatic carbocycles. The standard InChI is InChI=1S/C13H11BrN4O2/c14-11-6-1-8(7-16-11)12(19)17-9-2-4-10(5-3-9)18-13(15)20/h1-7H,(H,17,19)(H3,15,18,20). The molecule has 7 heteroatoms. The van der Waals surface area contributed by atoms with Crippen LogP contribution in [0.2, 0.25) is 0 Å². The number of halogens is 1. The number of rotatable bonds is 3. The Kier molecular flexibility index (Phi) is 4.31. The van der Waals surface area contributed by atoms with E-state index in [9.17, 15) is 9.59 Å². The maximum atomic E-state index is 11.9. The number of aromatic nitrogens is 1. The topological polar surface area (TPSA) is 97.1 Å². The SMILES string of the molecule is NC(=O)Nc1ccc(NC(=O)c2ccc(Br)nc2)cc1. The van der Waals surface area contributed by atoms with Gasteiger partial charge in [-0.1, -0.05) is 0 Å². The lowest BCUT2D eigenvalue weighted by atomic mass is 10.2. The van der Waals surface area contributed by atoms with Crippen LogP contribution in [0.1, 0.15) is 10.4 Å². The fourth-order valence-electron chi connectivity index (χ4n) is 1.49. The van der Waals surface area contributed by atoms with Crippen molar-refractivity contribution >= 4 is 39.2 Å². The summed E-state index contributed by atoms with van der Waals surface area (Å²) in [5, 5.41) is 5.15. The van der Waals surface area contributed by atoms with E-state index in [0.29, 0.717) is 21.5 Å². The van der Waals surface area contributed by atoms with Crippen LogP contribution in [0.25, 0.3) is 0 Å². The molecule has 1 aromatic carbocycles. The molecule has 0 saturated heterocycles. The highest BCUT2D eigenvalue weighted by atomic mass is 79.9. The molecule has 2 aromatic rings. The average Bonchev–Trinajstić information content (AvgIpc) is 2.41. The zero-order valence-electron chi connectivity index (χ0n) is 10.3. The van der Waals surface area contributed by atoms with Gasteiger partial charge in [0.15, 0.2) is 0 Å². The molecular weight excluding hydrogens is 324 g/mol. The van der Waals surface area contributed by atoms with Crippen LogP contribution in [0.5, 0.6) is 0 Å². The van der Waals surface area contributed by atoms with E-state index in [1.165, 1.54) is 6.20 Å². The van der Waals surface area contributed by atoms with Gasteiger partial charge in [0.2, 0.25) is 0 Å². The quantitative estimate of drug-likeness (QED) is 0.752. The van der Waals surface area contributed by atoms with Crippen LogP contribution < -0.4 is 16.4 Å². The van der Waals surface area contributed by atoms with Gasteiger partial charge in [-0.05, 0) is 52.3 Å². The van der Waals surface area contributed by atoms with Gasteiger partial charge in [0.05, 0.1) is 5.56 Å². The molecule has 4 N–H and O–H groups in total. The number of benzene rings is 1. The van der Waals surface area contributed by atoms with E-state index < -0.39 is 6.03 Å². The molecule has 0 radical (unpaired) electrons. The molecular formula is C13H11BrN4O2. The summed E-state index contributed by atoms with van der Waals surface area (Å²) in [7, 11) is 0. The minimum absolute atomic E-state index is 0.263. The number of primary amides is 1. The Morgan fingerprint density at radius 1 is 1.00 bits per heavy atom. The number of hydrogen-bond acceptors (Lipinski definition) is 3. The number of hydrogen-bond donors (Lipinski definition) is 3. The normalized spacial score (nSPS) is 9.85. The van der Waals surface area contributed by atoms with Crippen molar-refractivity contribution < 1.29 is 9.59 Å². The molecule has 0 unspecified atom stereocenters. The van der Waals surface area contributed by atoms with E-state index in [-0.39, 0.29) is 5.91 Å². The van der Waals surface area contributed by atoms with Gasteiger partial charge < -0.3 is 16.4 Å². The molecule has 1 aromatic heterocycles. The van der Waals surface area contributed by atoms with Crippen molar-refractivity contribution in [2.45, 2.75) is 0 Å². The Balaban J connectivity index is 2.04. The predicted octanol–water partition coefficient (Wildman–Crippen LogP) is 2.59. The van der Waals surface area contributed by atoms with Gasteiger partial charge in [0.25, 0.3) is 5.91 Å². The van der Waals surface area contributed by atoms with Crippen LogP contribution in [-0.4, -0.2) is 16.9 Å². The first-order valence-electron chi connectivity index (χ1n) is 5.64. The minimum atomic E-state index is -0.636. The second kappa shape index (κ2) is 6.16. The van der Waals surface area contributed by atoms with E-state index in [2.05, 4.69) is 31.5 Å². The number of amides is 3. The highest BCUT2D eigenvalue weighted by Crippen LogP contribution is 2.15. The van der Waals surface area contributed by atoms with Crippen molar-refractivity contribution in [2.24, 2.45) is 5.73 Å². The number of nitrogens with one attached hydrogen (secondary N) is 2. The van der Waals surface area contributed by atoms with Crippen LogP contribution in [0, 0.1) is 0 Å². The third-order valence-electron chi connectivity index (χ3n) is 2.40. The van der Waals surface area contributed by atoms with E-state index in [4.69, 9.17) is 5.73 Å². The van der Waals surface area contributed by atoms with E-state index in [1.54, 1.807) is 36.4 Å². The number of urea groups is 1. The van der Waals surface area contributed by atoms with Crippen LogP contribution >= 0.6 is 15.9 Å². The maximum absolute atomic E-state index is 11.9. The van der Waals surface area contributed by atoms with E-state index >= 15 is 0 Å². The predicted molar refractivity (Wildman–Crippen MR) is 79.5 cm³/mol. The summed E-state index contributed by atoms with van der Waals surface area (Å²) in [6.45, 7) is 0. The molecule has 0 spiro atoms. The van der Waals surface area contributed by atoms with Gasteiger partial charge in [-0.15, -0.1) is 0 Å². The summed E-state index contributed by atoms with van der Waals surface area (Å²) in [5.74, 6) is -0.263. The average molecular weight is 335 g/mol. The first-order valence-corrected chi connectivity index (χ1v) is 6.43. The number of nitrogens with two attached hydrogens (primary N) is 1. The second-order valence-electron chi connectivity index (χ2n) is 3.89. The summed E-state index contributed by atoms with van der Waals surface area (Å²) in [4.78, 5) is 26.6. The monoisotopic (exact) mass is 334 g/mol. The van der Waals surface area contributed by atoms with Crippen LogP contribution in [0.3, 0.4) is 0 Å². The highest BCUT2D eigenvalue weighted by Gasteiger charge is 2.06. The van der Waals surface area contributed by atoms with Gasteiger partial charge >= 0.3 is 6.03 Å². The lowest BCUT2D eigenvalue weighted by molar-refractivity contribution is 0.102. The lowest BCUT2D eigenvalue weighted by Crippen LogP contribution is -2.19. The molecule has 0 aliphatic heterocycles. The van der Waals surface area contributed by atoms with Gasteiger partial charge in [0, 0.05) is 17.6 Å². The van der Waals surface area contributed by atoms with Gasteiger partial charge in [0.1, 0.15) is 4.60 Å². The molecule has 1 heterocycles. The summed E-state index contributed by atoms with van der Waals surface area (Å²) in [5.41, 5.74) is 6.61. The summed E-state index contributed by atoms with van der Waals surface area (Å²) < 4.78 is 0.663. The number of carbonyl (C=O) groups excluding carboxylic acids is 2. The molecule has 6 nitrogen and oxygen atoms in total.